The van der Waals surface area contributed by atoms with Crippen LogP contribution in [0.2, 0.25) is 14.4 Å². The van der Waals surface area contributed by atoms with Crippen LogP contribution in [0.1, 0.15) is 9.67 Å². The first-order chi connectivity index (χ1) is 5.04. The molecule has 0 amide bonds. The largest absolute Gasteiger partial charge is 0.275 e. The van der Waals surface area contributed by atoms with Crippen LogP contribution in [0.5, 0.6) is 0 Å². The average Bonchev–Trinajstić information content (AvgIpc) is 2.17. The highest BCUT2D eigenvalue weighted by atomic mass is 35.5. The number of thiophene rings is 1. The zero-order chi connectivity index (χ0) is 8.59. The molecule has 6 heteroatoms. The normalized spacial score (nSPS) is 10.2. The van der Waals surface area contributed by atoms with E-state index in [1.165, 1.54) is 0 Å². The van der Waals surface area contributed by atoms with Gasteiger partial charge in [0.1, 0.15) is 9.21 Å². The van der Waals surface area contributed by atoms with Gasteiger partial charge >= 0.3 is 0 Å². The van der Waals surface area contributed by atoms with Crippen LogP contribution in [0.3, 0.4) is 0 Å². The van der Waals surface area contributed by atoms with E-state index in [2.05, 4.69) is 0 Å². The minimum Gasteiger partial charge on any atom is -0.275 e. The van der Waals surface area contributed by atoms with Crippen molar-refractivity contribution < 1.29 is 4.79 Å². The molecule has 0 unspecified atom stereocenters. The molecule has 0 spiro atoms. The van der Waals surface area contributed by atoms with Crippen LogP contribution >= 0.6 is 57.7 Å². The summed E-state index contributed by atoms with van der Waals surface area (Å²) < 4.78 is 0.278. The summed E-state index contributed by atoms with van der Waals surface area (Å²) in [5.41, 5.74) is 0. The Morgan fingerprint density at radius 1 is 1.18 bits per heavy atom. The summed E-state index contributed by atoms with van der Waals surface area (Å²) in [5, 5.41) is -0.335. The maximum Gasteiger partial charge on any atom is 0.264 e. The quantitative estimate of drug-likeness (QED) is 0.686. The highest BCUT2D eigenvalue weighted by Gasteiger charge is 2.17. The molecule has 0 aliphatic carbocycles. The van der Waals surface area contributed by atoms with Crippen molar-refractivity contribution in [3.05, 3.63) is 19.3 Å². The van der Waals surface area contributed by atoms with Crippen molar-refractivity contribution in [3.8, 4) is 0 Å². The summed E-state index contributed by atoms with van der Waals surface area (Å²) in [6, 6.07) is 0. The van der Waals surface area contributed by atoms with E-state index in [1.54, 1.807) is 0 Å². The van der Waals surface area contributed by atoms with Crippen LogP contribution in [0.4, 0.5) is 0 Å². The van der Waals surface area contributed by atoms with Gasteiger partial charge in [-0.05, 0) is 11.6 Å². The third-order valence-corrected chi connectivity index (χ3v) is 3.81. The highest BCUT2D eigenvalue weighted by molar-refractivity contribution is 7.20. The van der Waals surface area contributed by atoms with E-state index in [0.29, 0.717) is 0 Å². The van der Waals surface area contributed by atoms with Crippen molar-refractivity contribution in [2.75, 3.05) is 0 Å². The van der Waals surface area contributed by atoms with E-state index in [-0.39, 0.29) is 19.3 Å². The van der Waals surface area contributed by atoms with Gasteiger partial charge in [-0.1, -0.05) is 34.8 Å². The van der Waals surface area contributed by atoms with Gasteiger partial charge in [0.2, 0.25) is 0 Å². The molecule has 0 aromatic carbocycles. The molecule has 60 valence electrons. The zero-order valence-electron chi connectivity index (χ0n) is 4.83. The summed E-state index contributed by atoms with van der Waals surface area (Å²) in [4.78, 5) is 10.8. The average molecular weight is 250 g/mol. The molecule has 11 heavy (non-hydrogen) atoms. The summed E-state index contributed by atoms with van der Waals surface area (Å²) in [5.74, 6) is 0. The molecule has 1 nitrogen and oxygen atoms in total. The third kappa shape index (κ3) is 1.82. The molecule has 1 aromatic rings. The van der Waals surface area contributed by atoms with Crippen molar-refractivity contribution in [3.63, 3.8) is 0 Å². The van der Waals surface area contributed by atoms with Gasteiger partial charge in [0.25, 0.3) is 5.24 Å². The van der Waals surface area contributed by atoms with Crippen molar-refractivity contribution >= 4 is 63.0 Å². The van der Waals surface area contributed by atoms with Crippen molar-refractivity contribution in [2.45, 2.75) is 0 Å². The number of carbonyl (C=O) groups is 1. The maximum atomic E-state index is 10.6. The Bertz CT molecular complexity index is 306. The smallest absolute Gasteiger partial charge is 0.264 e. The first kappa shape index (κ1) is 9.62. The molecule has 0 fully saturated rings. The fourth-order valence-corrected chi connectivity index (χ4v) is 2.39. The van der Waals surface area contributed by atoms with Crippen LogP contribution in [0.15, 0.2) is 0 Å². The Balaban J connectivity index is 3.29. The molecule has 0 bridgehead atoms. The van der Waals surface area contributed by atoms with Crippen LogP contribution < -0.4 is 0 Å². The molecule has 0 atom stereocenters. The Hall–Kier alpha value is 0.530. The minimum absolute atomic E-state index is 0.127. The Kier molecular flexibility index (Phi) is 3.06. The number of hydrogen-bond acceptors (Lipinski definition) is 2. The summed E-state index contributed by atoms with van der Waals surface area (Å²) >= 11 is 22.9. The molecule has 0 aliphatic rings. The van der Waals surface area contributed by atoms with Gasteiger partial charge in [0.15, 0.2) is 0 Å². The van der Waals surface area contributed by atoms with Gasteiger partial charge in [-0.3, -0.25) is 4.79 Å². The van der Waals surface area contributed by atoms with E-state index in [9.17, 15) is 4.79 Å². The predicted octanol–water partition coefficient (Wildman–Crippen LogP) is 4.09. The van der Waals surface area contributed by atoms with Crippen LogP contribution in [0.25, 0.3) is 0 Å². The van der Waals surface area contributed by atoms with E-state index in [0.717, 1.165) is 11.3 Å². The zero-order valence-corrected chi connectivity index (χ0v) is 8.67. The number of hydrogen-bond donors (Lipinski definition) is 0. The van der Waals surface area contributed by atoms with Crippen LogP contribution in [0, 0.1) is 0 Å². The van der Waals surface area contributed by atoms with Gasteiger partial charge in [0.05, 0.1) is 10.0 Å². The maximum absolute atomic E-state index is 10.6. The first-order valence-corrected chi connectivity index (χ1v) is 4.70. The lowest BCUT2D eigenvalue weighted by atomic mass is 10.5. The first-order valence-electron chi connectivity index (χ1n) is 2.37. The fraction of sp³-hybridized carbons (Fsp3) is 0. The summed E-state index contributed by atoms with van der Waals surface area (Å²) in [6.45, 7) is 0. The van der Waals surface area contributed by atoms with Gasteiger partial charge in [-0.25, -0.2) is 0 Å². The number of rotatable bonds is 1. The monoisotopic (exact) mass is 248 g/mol. The van der Waals surface area contributed by atoms with Gasteiger partial charge < -0.3 is 0 Å². The lowest BCUT2D eigenvalue weighted by molar-refractivity contribution is 0.108. The predicted molar refractivity (Wildman–Crippen MR) is 49.5 cm³/mol. The molecule has 1 rings (SSSR count). The van der Waals surface area contributed by atoms with E-state index in [1.807, 2.05) is 0 Å². The number of carbonyl (C=O) groups excluding carboxylic acids is 1. The molecule has 0 saturated heterocycles. The second-order valence-corrected chi connectivity index (χ2v) is 4.33. The summed E-state index contributed by atoms with van der Waals surface area (Å²) in [7, 11) is 0. The molecule has 0 aliphatic heterocycles. The highest BCUT2D eigenvalue weighted by Crippen LogP contribution is 2.40. The van der Waals surface area contributed by atoms with E-state index >= 15 is 0 Å². The van der Waals surface area contributed by atoms with Gasteiger partial charge in [-0.2, -0.15) is 0 Å². The fourth-order valence-electron chi connectivity index (χ4n) is 0.492. The molecule has 1 aromatic heterocycles. The Labute approximate surface area is 86.8 Å². The lowest BCUT2D eigenvalue weighted by Crippen LogP contribution is -1.81. The third-order valence-electron chi connectivity index (χ3n) is 0.935. The van der Waals surface area contributed by atoms with E-state index < -0.39 is 5.24 Å². The second-order valence-electron chi connectivity index (χ2n) is 1.61. The Morgan fingerprint density at radius 2 is 1.73 bits per heavy atom. The molecule has 0 radical (unpaired) electrons. The lowest BCUT2D eigenvalue weighted by Gasteiger charge is -1.85. The standard InChI is InChI=1S/C5Cl4OS/c6-1-2(7)5(9)11-3(1)4(8)10. The van der Waals surface area contributed by atoms with Crippen molar-refractivity contribution in [1.29, 1.82) is 0 Å². The Morgan fingerprint density at radius 3 is 1.91 bits per heavy atom. The molecule has 0 N–H and O–H groups in total. The summed E-state index contributed by atoms with van der Waals surface area (Å²) in [6.07, 6.45) is 0. The molecule has 1 heterocycles. The van der Waals surface area contributed by atoms with Gasteiger partial charge in [-0.15, -0.1) is 11.3 Å². The minimum atomic E-state index is -0.645. The molecular weight excluding hydrogens is 250 g/mol. The van der Waals surface area contributed by atoms with Crippen LogP contribution in [-0.4, -0.2) is 5.24 Å². The van der Waals surface area contributed by atoms with E-state index in [4.69, 9.17) is 46.4 Å². The van der Waals surface area contributed by atoms with Gasteiger partial charge in [0, 0.05) is 0 Å². The van der Waals surface area contributed by atoms with Crippen molar-refractivity contribution in [2.24, 2.45) is 0 Å². The molecule has 0 saturated carbocycles. The molecular formula is C5Cl4OS. The SMILES string of the molecule is O=C(Cl)c1sc(Cl)c(Cl)c1Cl. The second kappa shape index (κ2) is 3.50. The van der Waals surface area contributed by atoms with Crippen molar-refractivity contribution in [1.82, 2.24) is 0 Å². The van der Waals surface area contributed by atoms with Crippen LogP contribution in [-0.2, 0) is 0 Å². The topological polar surface area (TPSA) is 17.1 Å². The number of halogens is 4.